The van der Waals surface area contributed by atoms with Gasteiger partial charge < -0.3 is 4.42 Å². The van der Waals surface area contributed by atoms with Crippen LogP contribution in [0.3, 0.4) is 0 Å². The lowest BCUT2D eigenvalue weighted by atomic mass is 10.2. The Labute approximate surface area is 143 Å². The summed E-state index contributed by atoms with van der Waals surface area (Å²) in [5.41, 5.74) is 1.95. The molecule has 120 valence electrons. The first-order valence-electron chi connectivity index (χ1n) is 7.24. The second-order valence-corrected chi connectivity index (χ2v) is 6.78. The van der Waals surface area contributed by atoms with Crippen molar-refractivity contribution in [1.29, 1.82) is 0 Å². The molecule has 23 heavy (non-hydrogen) atoms. The monoisotopic (exact) mass is 349 g/mol. The molecule has 1 atom stereocenters. The molecule has 0 spiro atoms. The average Bonchev–Trinajstić information content (AvgIpc) is 3.19. The van der Waals surface area contributed by atoms with E-state index < -0.39 is 0 Å². The van der Waals surface area contributed by atoms with E-state index in [1.807, 2.05) is 43.5 Å². The molecule has 3 aromatic rings. The van der Waals surface area contributed by atoms with E-state index in [0.717, 1.165) is 22.8 Å². The fourth-order valence-corrected chi connectivity index (χ4v) is 3.04. The van der Waals surface area contributed by atoms with Crippen LogP contribution in [0.15, 0.2) is 34.1 Å². The van der Waals surface area contributed by atoms with Crippen molar-refractivity contribution in [3.63, 3.8) is 0 Å². The van der Waals surface area contributed by atoms with E-state index in [0.29, 0.717) is 16.8 Å². The Morgan fingerprint density at radius 3 is 2.83 bits per heavy atom. The van der Waals surface area contributed by atoms with Crippen molar-refractivity contribution in [2.45, 2.75) is 37.6 Å². The van der Waals surface area contributed by atoms with Crippen LogP contribution in [0.1, 0.15) is 36.4 Å². The van der Waals surface area contributed by atoms with Crippen LogP contribution < -0.4 is 0 Å². The Kier molecular flexibility index (Phi) is 4.68. The van der Waals surface area contributed by atoms with E-state index in [2.05, 4.69) is 20.4 Å². The predicted octanol–water partition coefficient (Wildman–Crippen LogP) is 4.03. The zero-order valence-electron chi connectivity index (χ0n) is 13.0. The van der Waals surface area contributed by atoms with E-state index >= 15 is 0 Å². The predicted molar refractivity (Wildman–Crippen MR) is 89.1 cm³/mol. The standard InChI is InChI=1S/C15H16ClN5OS/c1-4-13-18-19-14(22-13)10(3)23-15-20-17-8-21(15)11-6-5-9(2)12(16)7-11/h5-8,10H,4H2,1-3H3. The second kappa shape index (κ2) is 6.72. The van der Waals surface area contributed by atoms with Gasteiger partial charge in [-0.1, -0.05) is 36.4 Å². The molecule has 3 rings (SSSR count). The number of aromatic nitrogens is 5. The van der Waals surface area contributed by atoms with Crippen molar-refractivity contribution in [3.8, 4) is 5.69 Å². The fourth-order valence-electron chi connectivity index (χ4n) is 2.00. The third-order valence-corrected chi connectivity index (χ3v) is 4.82. The topological polar surface area (TPSA) is 69.6 Å². The first-order chi connectivity index (χ1) is 11.1. The van der Waals surface area contributed by atoms with Crippen LogP contribution in [0, 0.1) is 6.92 Å². The fraction of sp³-hybridized carbons (Fsp3) is 0.333. The highest BCUT2D eigenvalue weighted by molar-refractivity contribution is 7.99. The number of aryl methyl sites for hydroxylation is 2. The quantitative estimate of drug-likeness (QED) is 0.648. The minimum absolute atomic E-state index is 0.0216. The molecule has 0 N–H and O–H groups in total. The number of thioether (sulfide) groups is 1. The van der Waals surface area contributed by atoms with Gasteiger partial charge in [-0.25, -0.2) is 0 Å². The van der Waals surface area contributed by atoms with Gasteiger partial charge in [-0.05, 0) is 31.5 Å². The SMILES string of the molecule is CCc1nnc(C(C)Sc2nncn2-c2ccc(C)c(Cl)c2)o1. The molecular formula is C15H16ClN5OS. The van der Waals surface area contributed by atoms with Gasteiger partial charge in [0.15, 0.2) is 5.16 Å². The van der Waals surface area contributed by atoms with Crippen LogP contribution in [0.5, 0.6) is 0 Å². The lowest BCUT2D eigenvalue weighted by Crippen LogP contribution is -1.98. The molecule has 0 fully saturated rings. The molecule has 1 aromatic carbocycles. The molecule has 2 heterocycles. The number of nitrogens with zero attached hydrogens (tertiary/aromatic N) is 5. The van der Waals surface area contributed by atoms with Crippen molar-refractivity contribution < 1.29 is 4.42 Å². The normalized spacial score (nSPS) is 12.5. The highest BCUT2D eigenvalue weighted by Gasteiger charge is 2.18. The number of halogens is 1. The van der Waals surface area contributed by atoms with Gasteiger partial charge in [0.25, 0.3) is 0 Å². The Morgan fingerprint density at radius 1 is 1.30 bits per heavy atom. The highest BCUT2D eigenvalue weighted by atomic mass is 35.5. The number of benzene rings is 1. The Hall–Kier alpha value is -1.86. The van der Waals surface area contributed by atoms with Gasteiger partial charge in [-0.3, -0.25) is 4.57 Å². The molecule has 2 aromatic heterocycles. The smallest absolute Gasteiger partial charge is 0.229 e. The number of rotatable bonds is 5. The first kappa shape index (κ1) is 16.0. The van der Waals surface area contributed by atoms with Crippen LogP contribution in [-0.2, 0) is 6.42 Å². The van der Waals surface area contributed by atoms with Crippen LogP contribution in [-0.4, -0.2) is 25.0 Å². The van der Waals surface area contributed by atoms with Crippen molar-refractivity contribution in [2.24, 2.45) is 0 Å². The van der Waals surface area contributed by atoms with Crippen LogP contribution >= 0.6 is 23.4 Å². The largest absolute Gasteiger partial charge is 0.424 e. The van der Waals surface area contributed by atoms with E-state index in [9.17, 15) is 0 Å². The molecule has 8 heteroatoms. The van der Waals surface area contributed by atoms with Crippen molar-refractivity contribution in [2.75, 3.05) is 0 Å². The molecular weight excluding hydrogens is 334 g/mol. The van der Waals surface area contributed by atoms with Gasteiger partial charge in [0.05, 0.1) is 10.9 Å². The summed E-state index contributed by atoms with van der Waals surface area (Å²) < 4.78 is 7.49. The molecule has 0 saturated heterocycles. The summed E-state index contributed by atoms with van der Waals surface area (Å²) in [6, 6.07) is 5.86. The van der Waals surface area contributed by atoms with Crippen LogP contribution in [0.25, 0.3) is 5.69 Å². The zero-order valence-corrected chi connectivity index (χ0v) is 14.6. The number of hydrogen-bond acceptors (Lipinski definition) is 6. The summed E-state index contributed by atoms with van der Waals surface area (Å²) in [5.74, 6) is 1.22. The molecule has 0 amide bonds. The van der Waals surface area contributed by atoms with E-state index in [4.69, 9.17) is 16.0 Å². The third kappa shape index (κ3) is 3.40. The summed E-state index contributed by atoms with van der Waals surface area (Å²) in [5, 5.41) is 17.7. The Bertz CT molecular complexity index is 816. The molecule has 0 saturated carbocycles. The Morgan fingerprint density at radius 2 is 2.13 bits per heavy atom. The van der Waals surface area contributed by atoms with Gasteiger partial charge in [-0.2, -0.15) is 0 Å². The van der Waals surface area contributed by atoms with Gasteiger partial charge in [-0.15, -0.1) is 20.4 Å². The lowest BCUT2D eigenvalue weighted by molar-refractivity contribution is 0.456. The first-order valence-corrected chi connectivity index (χ1v) is 8.49. The maximum atomic E-state index is 6.21. The van der Waals surface area contributed by atoms with E-state index in [1.54, 1.807) is 6.33 Å². The molecule has 0 bridgehead atoms. The molecule has 0 aliphatic heterocycles. The molecule has 0 aliphatic rings. The van der Waals surface area contributed by atoms with E-state index in [1.165, 1.54) is 11.8 Å². The summed E-state index contributed by atoms with van der Waals surface area (Å²) >= 11 is 7.72. The minimum Gasteiger partial charge on any atom is -0.424 e. The van der Waals surface area contributed by atoms with Crippen LogP contribution in [0.2, 0.25) is 5.02 Å². The lowest BCUT2D eigenvalue weighted by Gasteiger charge is -2.09. The average molecular weight is 350 g/mol. The van der Waals surface area contributed by atoms with E-state index in [-0.39, 0.29) is 5.25 Å². The minimum atomic E-state index is -0.0216. The molecule has 0 aliphatic carbocycles. The van der Waals surface area contributed by atoms with Gasteiger partial charge >= 0.3 is 0 Å². The van der Waals surface area contributed by atoms with Crippen LogP contribution in [0.4, 0.5) is 0 Å². The highest BCUT2D eigenvalue weighted by Crippen LogP contribution is 2.34. The van der Waals surface area contributed by atoms with Gasteiger partial charge in [0.2, 0.25) is 11.8 Å². The maximum Gasteiger partial charge on any atom is 0.229 e. The van der Waals surface area contributed by atoms with Crippen molar-refractivity contribution in [1.82, 2.24) is 25.0 Å². The van der Waals surface area contributed by atoms with Gasteiger partial charge in [0, 0.05) is 11.4 Å². The molecule has 6 nitrogen and oxygen atoms in total. The molecule has 1 unspecified atom stereocenters. The summed E-state index contributed by atoms with van der Waals surface area (Å²) in [6.45, 7) is 5.95. The molecule has 0 radical (unpaired) electrons. The summed E-state index contributed by atoms with van der Waals surface area (Å²) in [4.78, 5) is 0. The zero-order chi connectivity index (χ0) is 16.4. The summed E-state index contributed by atoms with van der Waals surface area (Å²) in [7, 11) is 0. The number of hydrogen-bond donors (Lipinski definition) is 0. The summed E-state index contributed by atoms with van der Waals surface area (Å²) in [6.07, 6.45) is 2.39. The van der Waals surface area contributed by atoms with Crippen molar-refractivity contribution in [3.05, 3.63) is 46.9 Å². The Balaban J connectivity index is 1.84. The van der Waals surface area contributed by atoms with Crippen molar-refractivity contribution >= 4 is 23.4 Å². The second-order valence-electron chi connectivity index (χ2n) is 5.06. The maximum absolute atomic E-state index is 6.21. The van der Waals surface area contributed by atoms with Gasteiger partial charge in [0.1, 0.15) is 6.33 Å². The third-order valence-electron chi connectivity index (χ3n) is 3.36.